The van der Waals surface area contributed by atoms with Crippen LogP contribution < -0.4 is 25.2 Å². The molecular formula is C29H26Cl2F6N8O10S. The third-order valence-corrected chi connectivity index (χ3v) is 8.61. The van der Waals surface area contributed by atoms with Crippen molar-refractivity contribution in [2.75, 3.05) is 26.1 Å². The molecule has 0 saturated heterocycles. The molecule has 0 spiro atoms. The topological polar surface area (TPSA) is 236 Å². The fourth-order valence-corrected chi connectivity index (χ4v) is 5.71. The van der Waals surface area contributed by atoms with Gasteiger partial charge in [-0.15, -0.1) is 16.7 Å². The fraction of sp³-hybridized carbons (Fsp3) is 0.310. The number of amides is 2. The number of ether oxygens (including phenoxy) is 3. The summed E-state index contributed by atoms with van der Waals surface area (Å²) in [7, 11) is -2.66. The van der Waals surface area contributed by atoms with Gasteiger partial charge in [0.25, 0.3) is 10.0 Å². The minimum atomic E-state index is -5.14. The fourth-order valence-electron chi connectivity index (χ4n) is 4.20. The number of aryl methyl sites for hydroxylation is 1. The van der Waals surface area contributed by atoms with Gasteiger partial charge in [-0.2, -0.15) is 45.0 Å². The van der Waals surface area contributed by atoms with E-state index in [1.165, 1.54) is 31.9 Å². The van der Waals surface area contributed by atoms with Crippen molar-refractivity contribution in [3.8, 4) is 17.4 Å². The van der Waals surface area contributed by atoms with Gasteiger partial charge < -0.3 is 19.3 Å². The van der Waals surface area contributed by atoms with E-state index in [1.807, 2.05) is 5.32 Å². The molecule has 4 rings (SSSR count). The molecule has 4 aromatic rings. The zero-order valence-corrected chi connectivity index (χ0v) is 31.0. The number of nitrogens with one attached hydrogen (secondary N) is 2. The predicted molar refractivity (Wildman–Crippen MR) is 179 cm³/mol. The van der Waals surface area contributed by atoms with Crippen LogP contribution in [0.1, 0.15) is 40.9 Å². The maximum atomic E-state index is 14.2. The molecular weight excluding hydrogens is 837 g/mol. The number of aromatic nitrogens is 6. The van der Waals surface area contributed by atoms with Crippen molar-refractivity contribution in [1.29, 1.82) is 0 Å². The monoisotopic (exact) mass is 862 g/mol. The largest absolute Gasteiger partial charge is 0.481 e. The number of rotatable bonds is 12. The number of urea groups is 1. The van der Waals surface area contributed by atoms with Crippen LogP contribution in [-0.4, -0.2) is 87.0 Å². The highest BCUT2D eigenvalue weighted by atomic mass is 35.5. The number of carbonyl (C=O) groups excluding carboxylic acids is 2. The number of carboxylic acids is 1. The number of nitrogens with zero attached hydrogens (tertiary/aromatic N) is 6. The summed E-state index contributed by atoms with van der Waals surface area (Å²) in [4.78, 5) is 57.1. The lowest BCUT2D eigenvalue weighted by molar-refractivity contribution is -0.143. The van der Waals surface area contributed by atoms with Crippen LogP contribution in [0.2, 0.25) is 5.02 Å². The van der Waals surface area contributed by atoms with Crippen LogP contribution in [0, 0.1) is 12.7 Å². The molecule has 3 heterocycles. The number of aromatic carboxylic acids is 1. The average Bonchev–Trinajstić information content (AvgIpc) is 3.41. The van der Waals surface area contributed by atoms with Gasteiger partial charge in [-0.1, -0.05) is 11.6 Å². The molecule has 56 heavy (non-hydrogen) atoms. The number of benzene rings is 1. The van der Waals surface area contributed by atoms with Crippen LogP contribution in [0.15, 0.2) is 40.2 Å². The van der Waals surface area contributed by atoms with Gasteiger partial charge in [0.1, 0.15) is 22.6 Å². The van der Waals surface area contributed by atoms with E-state index in [9.17, 15) is 53.9 Å². The molecule has 0 saturated carbocycles. The maximum absolute atomic E-state index is 14.2. The van der Waals surface area contributed by atoms with E-state index in [0.29, 0.717) is 16.8 Å². The lowest BCUT2D eigenvalue weighted by atomic mass is 10.1. The van der Waals surface area contributed by atoms with E-state index in [1.54, 1.807) is 6.92 Å². The Kier molecular flexibility index (Phi) is 14.6. The van der Waals surface area contributed by atoms with Crippen LogP contribution in [0.5, 0.6) is 11.8 Å². The molecule has 27 heteroatoms. The Bertz CT molecular complexity index is 2270. The van der Waals surface area contributed by atoms with E-state index in [-0.39, 0.29) is 51.5 Å². The van der Waals surface area contributed by atoms with E-state index in [4.69, 9.17) is 42.5 Å². The number of carbonyl (C=O) groups is 3. The molecule has 0 radical (unpaired) electrons. The minimum absolute atomic E-state index is 0.0424. The average molecular weight is 864 g/mol. The van der Waals surface area contributed by atoms with Gasteiger partial charge in [0, 0.05) is 11.4 Å². The summed E-state index contributed by atoms with van der Waals surface area (Å²) < 4.78 is 120. The number of carboxylic acid groups (broad SMARTS) is 1. The summed E-state index contributed by atoms with van der Waals surface area (Å²) in [6.45, 7) is -0.195. The summed E-state index contributed by atoms with van der Waals surface area (Å²) >= 11 is 11.9. The van der Waals surface area contributed by atoms with E-state index in [0.717, 1.165) is 12.1 Å². The molecule has 0 fully saturated rings. The van der Waals surface area contributed by atoms with E-state index < -0.39 is 79.8 Å². The number of pyridine rings is 1. The van der Waals surface area contributed by atoms with E-state index >= 15 is 0 Å². The smallest absolute Gasteiger partial charge is 0.433 e. The highest BCUT2D eigenvalue weighted by molar-refractivity contribution is 7.90. The number of sulfonamides is 1. The Morgan fingerprint density at radius 3 is 2.14 bits per heavy atom. The normalized spacial score (nSPS) is 11.9. The SMILES string of the molecule is CCOC(=O)C(Cl)Cc1cc(-n2nc(C)n(C(F)F)c2=O)c(F)cc1Cl.COc1cc(OC)nc(NC(=O)NS(=O)(=O)c2nc(C(F)(F)F)ccc2C(=O)O)n1. The summed E-state index contributed by atoms with van der Waals surface area (Å²) in [6.07, 6.45) is -5.18. The first-order valence-electron chi connectivity index (χ1n) is 14.9. The molecule has 0 aliphatic heterocycles. The summed E-state index contributed by atoms with van der Waals surface area (Å²) in [5.41, 5.74) is -4.12. The van der Waals surface area contributed by atoms with Gasteiger partial charge in [0.2, 0.25) is 17.7 Å². The molecule has 3 aromatic heterocycles. The highest BCUT2D eigenvalue weighted by Gasteiger charge is 2.36. The quantitative estimate of drug-likeness (QED) is 0.102. The van der Waals surface area contributed by atoms with Crippen LogP contribution in [0.25, 0.3) is 5.69 Å². The second-order valence-corrected chi connectivity index (χ2v) is 12.9. The van der Waals surface area contributed by atoms with Crippen molar-refractivity contribution in [2.24, 2.45) is 0 Å². The van der Waals surface area contributed by atoms with Crippen molar-refractivity contribution in [2.45, 2.75) is 43.4 Å². The zero-order chi connectivity index (χ0) is 42.3. The number of alkyl halides is 6. The Labute approximate surface area is 320 Å². The number of hydrogen-bond acceptors (Lipinski definition) is 13. The van der Waals surface area contributed by atoms with Gasteiger partial charge in [-0.05, 0) is 43.7 Å². The second-order valence-electron chi connectivity index (χ2n) is 10.4. The molecule has 304 valence electrons. The Morgan fingerprint density at radius 1 is 1.04 bits per heavy atom. The number of esters is 1. The molecule has 1 atom stereocenters. The molecule has 2 amide bonds. The first kappa shape index (κ1) is 44.7. The first-order valence-corrected chi connectivity index (χ1v) is 17.2. The molecule has 0 aliphatic rings. The number of methoxy groups -OCH3 is 2. The third-order valence-electron chi connectivity index (χ3n) is 6.65. The van der Waals surface area contributed by atoms with Crippen molar-refractivity contribution in [3.05, 3.63) is 74.3 Å². The molecule has 1 aromatic carbocycles. The Balaban J connectivity index is 0.000000303. The number of hydrogen-bond donors (Lipinski definition) is 3. The van der Waals surface area contributed by atoms with Crippen LogP contribution in [0.3, 0.4) is 0 Å². The summed E-state index contributed by atoms with van der Waals surface area (Å²) in [5, 5.41) is 12.0. The van der Waals surface area contributed by atoms with Crippen molar-refractivity contribution in [3.63, 3.8) is 0 Å². The molecule has 1 unspecified atom stereocenters. The summed E-state index contributed by atoms with van der Waals surface area (Å²) in [6, 6.07) is 2.45. The van der Waals surface area contributed by atoms with Crippen LogP contribution in [-0.2, 0) is 32.2 Å². The van der Waals surface area contributed by atoms with Gasteiger partial charge in [0.05, 0.1) is 32.5 Å². The molecule has 0 aliphatic carbocycles. The van der Waals surface area contributed by atoms with Crippen LogP contribution >= 0.6 is 23.2 Å². The maximum Gasteiger partial charge on any atom is 0.433 e. The second kappa shape index (κ2) is 18.3. The van der Waals surface area contributed by atoms with Crippen molar-refractivity contribution < 1.29 is 68.5 Å². The zero-order valence-electron chi connectivity index (χ0n) is 28.7. The van der Waals surface area contributed by atoms with Gasteiger partial charge in [0.15, 0.2) is 10.8 Å². The molecule has 0 bridgehead atoms. The first-order chi connectivity index (χ1) is 26.0. The lowest BCUT2D eigenvalue weighted by Gasteiger charge is -2.12. The highest BCUT2D eigenvalue weighted by Crippen LogP contribution is 2.30. The summed E-state index contributed by atoms with van der Waals surface area (Å²) in [5.74, 6) is -4.40. The van der Waals surface area contributed by atoms with Gasteiger partial charge in [-0.3, -0.25) is 10.1 Å². The van der Waals surface area contributed by atoms with Crippen molar-refractivity contribution in [1.82, 2.24) is 34.0 Å². The predicted octanol–water partition coefficient (Wildman–Crippen LogP) is 4.36. The lowest BCUT2D eigenvalue weighted by Crippen LogP contribution is -2.36. The Hall–Kier alpha value is -5.69. The number of halogens is 8. The van der Waals surface area contributed by atoms with Crippen LogP contribution in [0.4, 0.5) is 37.1 Å². The van der Waals surface area contributed by atoms with Gasteiger partial charge in [-0.25, -0.2) is 33.0 Å². The molecule has 18 nitrogen and oxygen atoms in total. The number of anilines is 1. The Morgan fingerprint density at radius 2 is 1.64 bits per heavy atom. The van der Waals surface area contributed by atoms with Gasteiger partial charge >= 0.3 is 36.4 Å². The standard InChI is InChI=1S/C15H14Cl2F3N3O3.C14H12F3N5O7S/c1-3-26-13(24)10(17)4-8-5-12(11(18)6-9(8)16)23-15(25)22(14(19)20)7(2)21-23;1-28-8-5-9(29-2)20-12(19-8)21-13(25)22-30(26,27)10-6(11(23)24)3-4-7(18-10)14(15,16)17/h5-6,10,14H,3-4H2,1-2H3;3-5H,1-2H3,(H,23,24)(H2,19,20,21,22,25). The van der Waals surface area contributed by atoms with Crippen molar-refractivity contribution >= 4 is 57.1 Å². The van der Waals surface area contributed by atoms with E-state index in [2.05, 4.69) is 20.1 Å². The molecule has 3 N–H and O–H groups in total. The third kappa shape index (κ3) is 11.0. The minimum Gasteiger partial charge on any atom is -0.481 e.